The summed E-state index contributed by atoms with van der Waals surface area (Å²) in [4.78, 5) is 3.63. The normalized spacial score (nSPS) is 11.5. The average molecular weight is 223 g/mol. The molecule has 1 aromatic heterocycles. The Bertz CT molecular complexity index is 337. The predicted octanol–water partition coefficient (Wildman–Crippen LogP) is 2.72. The minimum atomic E-state index is -4.43. The second-order valence-corrected chi connectivity index (χ2v) is 2.86. The lowest BCUT2D eigenvalue weighted by Gasteiger charge is -2.11. The summed E-state index contributed by atoms with van der Waals surface area (Å²) in [5.74, 6) is -0.876. The van der Waals surface area contributed by atoms with Crippen LogP contribution in [0.2, 0.25) is 0 Å². The van der Waals surface area contributed by atoms with E-state index in [1.54, 1.807) is 6.92 Å². The lowest BCUT2D eigenvalue weighted by atomic mass is 10.2. The first-order chi connectivity index (χ1) is 6.92. The van der Waals surface area contributed by atoms with Crippen molar-refractivity contribution in [3.05, 3.63) is 23.8 Å². The molecule has 0 atom stereocenters. The molecule has 1 aromatic rings. The second-order valence-electron chi connectivity index (χ2n) is 2.86. The molecule has 1 rings (SSSR count). The SMILES string of the molecule is CCc1ncc(F)cc1OCC(F)(F)F. The number of rotatable bonds is 3. The van der Waals surface area contributed by atoms with Crippen LogP contribution in [0.5, 0.6) is 5.75 Å². The van der Waals surface area contributed by atoms with Crippen molar-refractivity contribution in [2.24, 2.45) is 0 Å². The van der Waals surface area contributed by atoms with Gasteiger partial charge in [0, 0.05) is 6.07 Å². The molecule has 0 spiro atoms. The Morgan fingerprint density at radius 1 is 1.40 bits per heavy atom. The molecule has 0 aliphatic carbocycles. The number of hydrogen-bond donors (Lipinski definition) is 0. The van der Waals surface area contributed by atoms with Gasteiger partial charge in [0.2, 0.25) is 0 Å². The molecule has 0 aromatic carbocycles. The highest BCUT2D eigenvalue weighted by Gasteiger charge is 2.28. The van der Waals surface area contributed by atoms with E-state index >= 15 is 0 Å². The molecule has 0 bridgehead atoms. The number of alkyl halides is 3. The van der Waals surface area contributed by atoms with Crippen molar-refractivity contribution < 1.29 is 22.3 Å². The van der Waals surface area contributed by atoms with Crippen molar-refractivity contribution in [1.82, 2.24) is 4.98 Å². The lowest BCUT2D eigenvalue weighted by Crippen LogP contribution is -2.20. The van der Waals surface area contributed by atoms with E-state index in [-0.39, 0.29) is 5.75 Å². The predicted molar refractivity (Wildman–Crippen MR) is 45.1 cm³/mol. The van der Waals surface area contributed by atoms with Crippen molar-refractivity contribution in [1.29, 1.82) is 0 Å². The Morgan fingerprint density at radius 3 is 2.60 bits per heavy atom. The van der Waals surface area contributed by atoms with Crippen molar-refractivity contribution in [2.45, 2.75) is 19.5 Å². The van der Waals surface area contributed by atoms with Gasteiger partial charge in [0.05, 0.1) is 11.9 Å². The quantitative estimate of drug-likeness (QED) is 0.735. The highest BCUT2D eigenvalue weighted by atomic mass is 19.4. The fraction of sp³-hybridized carbons (Fsp3) is 0.444. The number of ether oxygens (including phenoxy) is 1. The molecule has 0 fully saturated rings. The number of aromatic nitrogens is 1. The van der Waals surface area contributed by atoms with Gasteiger partial charge in [0.15, 0.2) is 6.61 Å². The molecule has 2 nitrogen and oxygen atoms in total. The van der Waals surface area contributed by atoms with Gasteiger partial charge in [-0.25, -0.2) is 4.39 Å². The van der Waals surface area contributed by atoms with Crippen LogP contribution in [-0.4, -0.2) is 17.8 Å². The van der Waals surface area contributed by atoms with E-state index in [2.05, 4.69) is 9.72 Å². The molecular formula is C9H9F4NO. The highest BCUT2D eigenvalue weighted by Crippen LogP contribution is 2.21. The average Bonchev–Trinajstić information content (AvgIpc) is 2.14. The van der Waals surface area contributed by atoms with Crippen LogP contribution in [0.3, 0.4) is 0 Å². The third-order valence-corrected chi connectivity index (χ3v) is 1.62. The molecular weight excluding hydrogens is 214 g/mol. The minimum absolute atomic E-state index is 0.158. The molecule has 0 saturated carbocycles. The summed E-state index contributed by atoms with van der Waals surface area (Å²) >= 11 is 0. The zero-order valence-electron chi connectivity index (χ0n) is 7.94. The van der Waals surface area contributed by atoms with Crippen molar-refractivity contribution in [3.8, 4) is 5.75 Å². The molecule has 0 amide bonds. The molecule has 15 heavy (non-hydrogen) atoms. The molecule has 0 saturated heterocycles. The fourth-order valence-electron chi connectivity index (χ4n) is 0.999. The summed E-state index contributed by atoms with van der Waals surface area (Å²) in [6, 6.07) is 0.900. The van der Waals surface area contributed by atoms with E-state index in [0.29, 0.717) is 12.1 Å². The fourth-order valence-corrected chi connectivity index (χ4v) is 0.999. The monoisotopic (exact) mass is 223 g/mol. The first-order valence-electron chi connectivity index (χ1n) is 4.26. The van der Waals surface area contributed by atoms with E-state index in [1.807, 2.05) is 0 Å². The van der Waals surface area contributed by atoms with Gasteiger partial charge in [-0.2, -0.15) is 13.2 Å². The maximum Gasteiger partial charge on any atom is 0.422 e. The van der Waals surface area contributed by atoms with Gasteiger partial charge in [0.25, 0.3) is 0 Å². The Hall–Kier alpha value is -1.33. The first-order valence-corrected chi connectivity index (χ1v) is 4.26. The van der Waals surface area contributed by atoms with Gasteiger partial charge in [-0.15, -0.1) is 0 Å². The summed E-state index contributed by atoms with van der Waals surface area (Å²) < 4.78 is 52.6. The maximum absolute atomic E-state index is 12.7. The molecule has 0 aliphatic rings. The summed E-state index contributed by atoms with van der Waals surface area (Å²) in [7, 11) is 0. The second kappa shape index (κ2) is 4.46. The van der Waals surface area contributed by atoms with Crippen LogP contribution in [0.15, 0.2) is 12.3 Å². The standard InChI is InChI=1S/C9H9F4NO/c1-2-7-8(3-6(10)4-14-7)15-5-9(11,12)13/h3-4H,2,5H2,1H3. The van der Waals surface area contributed by atoms with Gasteiger partial charge >= 0.3 is 6.18 Å². The van der Waals surface area contributed by atoms with E-state index in [4.69, 9.17) is 0 Å². The third-order valence-electron chi connectivity index (χ3n) is 1.62. The molecule has 0 aliphatic heterocycles. The van der Waals surface area contributed by atoms with Gasteiger partial charge in [0.1, 0.15) is 11.6 Å². The number of pyridine rings is 1. The number of halogens is 4. The molecule has 6 heteroatoms. The largest absolute Gasteiger partial charge is 0.482 e. The summed E-state index contributed by atoms with van der Waals surface area (Å²) in [5, 5.41) is 0. The molecule has 84 valence electrons. The Kier molecular flexibility index (Phi) is 3.49. The summed E-state index contributed by atoms with van der Waals surface area (Å²) in [5.41, 5.74) is 0.306. The van der Waals surface area contributed by atoms with Gasteiger partial charge in [-0.3, -0.25) is 4.98 Å². The minimum Gasteiger partial charge on any atom is -0.482 e. The Balaban J connectivity index is 2.79. The van der Waals surface area contributed by atoms with Crippen LogP contribution < -0.4 is 4.74 Å². The van der Waals surface area contributed by atoms with Crippen LogP contribution in [0.1, 0.15) is 12.6 Å². The first kappa shape index (κ1) is 11.7. The Labute approximate surface area is 83.9 Å². The van der Waals surface area contributed by atoms with Crippen molar-refractivity contribution in [3.63, 3.8) is 0 Å². The summed E-state index contributed by atoms with van der Waals surface area (Å²) in [6.45, 7) is 0.256. The van der Waals surface area contributed by atoms with Gasteiger partial charge in [-0.1, -0.05) is 6.92 Å². The highest BCUT2D eigenvalue weighted by molar-refractivity contribution is 5.27. The van der Waals surface area contributed by atoms with E-state index < -0.39 is 18.6 Å². The van der Waals surface area contributed by atoms with Crippen LogP contribution in [0.4, 0.5) is 17.6 Å². The molecule has 0 radical (unpaired) electrons. The van der Waals surface area contributed by atoms with E-state index in [9.17, 15) is 17.6 Å². The zero-order valence-corrected chi connectivity index (χ0v) is 7.94. The lowest BCUT2D eigenvalue weighted by molar-refractivity contribution is -0.153. The van der Waals surface area contributed by atoms with E-state index in [1.165, 1.54) is 0 Å². The van der Waals surface area contributed by atoms with Crippen LogP contribution in [0, 0.1) is 5.82 Å². The van der Waals surface area contributed by atoms with Gasteiger partial charge < -0.3 is 4.74 Å². The zero-order chi connectivity index (χ0) is 11.5. The molecule has 0 N–H and O–H groups in total. The number of hydrogen-bond acceptors (Lipinski definition) is 2. The van der Waals surface area contributed by atoms with Crippen LogP contribution >= 0.6 is 0 Å². The summed E-state index contributed by atoms with van der Waals surface area (Å²) in [6.07, 6.45) is -3.11. The maximum atomic E-state index is 12.7. The van der Waals surface area contributed by atoms with E-state index in [0.717, 1.165) is 12.3 Å². The van der Waals surface area contributed by atoms with Gasteiger partial charge in [-0.05, 0) is 6.42 Å². The van der Waals surface area contributed by atoms with Crippen LogP contribution in [-0.2, 0) is 6.42 Å². The Morgan fingerprint density at radius 2 is 2.07 bits per heavy atom. The van der Waals surface area contributed by atoms with Crippen molar-refractivity contribution >= 4 is 0 Å². The third kappa shape index (κ3) is 3.73. The molecule has 1 heterocycles. The smallest absolute Gasteiger partial charge is 0.422 e. The number of nitrogens with zero attached hydrogens (tertiary/aromatic N) is 1. The molecule has 0 unspecified atom stereocenters. The number of aryl methyl sites for hydroxylation is 1. The van der Waals surface area contributed by atoms with Crippen LogP contribution in [0.25, 0.3) is 0 Å². The van der Waals surface area contributed by atoms with Crippen molar-refractivity contribution in [2.75, 3.05) is 6.61 Å². The topological polar surface area (TPSA) is 22.1 Å².